The lowest BCUT2D eigenvalue weighted by atomic mass is 9.45. The van der Waals surface area contributed by atoms with Crippen LogP contribution in [-0.2, 0) is 9.53 Å². The maximum Gasteiger partial charge on any atom is 0.313 e. The van der Waals surface area contributed by atoms with Crippen molar-refractivity contribution in [3.63, 3.8) is 0 Å². The van der Waals surface area contributed by atoms with Crippen molar-refractivity contribution in [3.8, 4) is 0 Å². The standard InChI is InChI=1S/C10H14O2/c1-9-4-3-6-5-7(9)10(6,2)8(11)12-9/h6-7H,3-5H2,1-2H3/t6-,7+,9-,10-/m1/s1. The number of ether oxygens (including phenoxy) is 1. The second kappa shape index (κ2) is 1.57. The van der Waals surface area contributed by atoms with Crippen LogP contribution < -0.4 is 0 Å². The van der Waals surface area contributed by atoms with Crippen LogP contribution >= 0.6 is 0 Å². The minimum atomic E-state index is -0.0966. The minimum Gasteiger partial charge on any atom is -0.459 e. The predicted octanol–water partition coefficient (Wildman–Crippen LogP) is 1.74. The van der Waals surface area contributed by atoms with Gasteiger partial charge in [-0.05, 0) is 39.0 Å². The van der Waals surface area contributed by atoms with Crippen LogP contribution in [0.3, 0.4) is 0 Å². The average Bonchev–Trinajstić information content (AvgIpc) is 2.08. The largest absolute Gasteiger partial charge is 0.459 e. The van der Waals surface area contributed by atoms with Gasteiger partial charge in [-0.2, -0.15) is 0 Å². The van der Waals surface area contributed by atoms with E-state index in [4.69, 9.17) is 4.74 Å². The van der Waals surface area contributed by atoms with Crippen LogP contribution in [0.25, 0.3) is 0 Å². The van der Waals surface area contributed by atoms with Crippen LogP contribution in [0.15, 0.2) is 0 Å². The summed E-state index contributed by atoms with van der Waals surface area (Å²) in [5, 5.41) is 0. The normalized spacial score (nSPS) is 61.0. The third kappa shape index (κ3) is 0.459. The zero-order valence-electron chi connectivity index (χ0n) is 7.59. The molecule has 0 amide bonds. The van der Waals surface area contributed by atoms with Gasteiger partial charge in [0, 0.05) is 5.92 Å². The Hall–Kier alpha value is -0.530. The second-order valence-electron chi connectivity index (χ2n) is 5.01. The Kier molecular flexibility index (Phi) is 0.906. The third-order valence-corrected chi connectivity index (χ3v) is 4.58. The van der Waals surface area contributed by atoms with Gasteiger partial charge in [0.25, 0.3) is 0 Å². The van der Waals surface area contributed by atoms with Gasteiger partial charge in [0.1, 0.15) is 5.60 Å². The first-order chi connectivity index (χ1) is 5.57. The van der Waals surface area contributed by atoms with Crippen LogP contribution in [0.1, 0.15) is 33.1 Å². The van der Waals surface area contributed by atoms with E-state index < -0.39 is 0 Å². The molecular weight excluding hydrogens is 152 g/mol. The fourth-order valence-corrected chi connectivity index (χ4v) is 3.59. The van der Waals surface area contributed by atoms with Crippen LogP contribution in [-0.4, -0.2) is 11.6 Å². The fraction of sp³-hybridized carbons (Fsp3) is 0.900. The molecular formula is C10H14O2. The Morgan fingerprint density at radius 3 is 2.75 bits per heavy atom. The van der Waals surface area contributed by atoms with E-state index in [1.807, 2.05) is 0 Å². The quantitative estimate of drug-likeness (QED) is 0.512. The van der Waals surface area contributed by atoms with Crippen molar-refractivity contribution in [2.75, 3.05) is 0 Å². The number of esters is 1. The molecule has 1 aliphatic heterocycles. The second-order valence-corrected chi connectivity index (χ2v) is 5.01. The van der Waals surface area contributed by atoms with E-state index in [-0.39, 0.29) is 17.0 Å². The first kappa shape index (κ1) is 6.93. The van der Waals surface area contributed by atoms with Gasteiger partial charge < -0.3 is 4.74 Å². The molecule has 2 heteroatoms. The lowest BCUT2D eigenvalue weighted by Crippen LogP contribution is -2.56. The summed E-state index contributed by atoms with van der Waals surface area (Å²) in [6.07, 6.45) is 3.50. The molecule has 0 unspecified atom stereocenters. The zero-order valence-corrected chi connectivity index (χ0v) is 7.59. The molecule has 4 bridgehead atoms. The summed E-state index contributed by atoms with van der Waals surface area (Å²) in [5.41, 5.74) is -0.187. The molecule has 3 aliphatic carbocycles. The fourth-order valence-electron chi connectivity index (χ4n) is 3.59. The maximum atomic E-state index is 11.6. The number of carbonyl (C=O) groups is 1. The molecule has 4 aliphatic rings. The van der Waals surface area contributed by atoms with Gasteiger partial charge in [0.15, 0.2) is 0 Å². The number of hydrogen-bond donors (Lipinski definition) is 0. The van der Waals surface area contributed by atoms with Crippen molar-refractivity contribution in [3.05, 3.63) is 0 Å². The van der Waals surface area contributed by atoms with Crippen molar-refractivity contribution in [2.24, 2.45) is 17.3 Å². The molecule has 1 heterocycles. The number of carbonyl (C=O) groups excluding carboxylic acids is 1. The molecule has 0 radical (unpaired) electrons. The summed E-state index contributed by atoms with van der Waals surface area (Å²) in [5.74, 6) is 1.23. The zero-order chi connectivity index (χ0) is 8.56. The minimum absolute atomic E-state index is 0.0729. The Balaban J connectivity index is 2.13. The van der Waals surface area contributed by atoms with Crippen LogP contribution in [0.4, 0.5) is 0 Å². The van der Waals surface area contributed by atoms with Crippen LogP contribution in [0.5, 0.6) is 0 Å². The van der Waals surface area contributed by atoms with Crippen molar-refractivity contribution >= 4 is 5.97 Å². The highest BCUT2D eigenvalue weighted by Crippen LogP contribution is 2.68. The van der Waals surface area contributed by atoms with Gasteiger partial charge in [0.2, 0.25) is 0 Å². The topological polar surface area (TPSA) is 26.3 Å². The van der Waals surface area contributed by atoms with Crippen molar-refractivity contribution in [1.29, 1.82) is 0 Å². The average molecular weight is 166 g/mol. The van der Waals surface area contributed by atoms with Gasteiger partial charge in [-0.3, -0.25) is 4.79 Å². The van der Waals surface area contributed by atoms with Gasteiger partial charge in [-0.25, -0.2) is 0 Å². The van der Waals surface area contributed by atoms with Gasteiger partial charge in [-0.15, -0.1) is 0 Å². The van der Waals surface area contributed by atoms with Gasteiger partial charge in [-0.1, -0.05) is 0 Å². The van der Waals surface area contributed by atoms with Crippen LogP contribution in [0, 0.1) is 17.3 Å². The van der Waals surface area contributed by atoms with E-state index >= 15 is 0 Å². The highest BCUT2D eigenvalue weighted by atomic mass is 16.6. The number of fused-ring (bicyclic) bond motifs is 1. The molecule has 0 N–H and O–H groups in total. The number of rotatable bonds is 0. The summed E-state index contributed by atoms with van der Waals surface area (Å²) < 4.78 is 5.49. The van der Waals surface area contributed by atoms with E-state index in [2.05, 4.69) is 13.8 Å². The first-order valence-corrected chi connectivity index (χ1v) is 4.81. The molecule has 0 aromatic rings. The summed E-state index contributed by atoms with van der Waals surface area (Å²) in [6.45, 7) is 4.20. The van der Waals surface area contributed by atoms with Crippen molar-refractivity contribution < 1.29 is 9.53 Å². The highest BCUT2D eigenvalue weighted by molar-refractivity contribution is 5.82. The molecule has 66 valence electrons. The Labute approximate surface area is 72.3 Å². The smallest absolute Gasteiger partial charge is 0.313 e. The monoisotopic (exact) mass is 166 g/mol. The lowest BCUT2D eigenvalue weighted by molar-refractivity contribution is -0.152. The molecule has 0 aromatic carbocycles. The third-order valence-electron chi connectivity index (χ3n) is 4.58. The van der Waals surface area contributed by atoms with E-state index in [1.54, 1.807) is 0 Å². The molecule has 2 nitrogen and oxygen atoms in total. The van der Waals surface area contributed by atoms with Crippen molar-refractivity contribution in [1.82, 2.24) is 0 Å². The summed E-state index contributed by atoms with van der Waals surface area (Å²) in [6, 6.07) is 0. The molecule has 0 aromatic heterocycles. The SMILES string of the molecule is C[C@@]12C(=O)O[C@]3(C)CC[C@@H]1C[C@H]23. The Morgan fingerprint density at radius 2 is 2.25 bits per heavy atom. The first-order valence-electron chi connectivity index (χ1n) is 4.81. The van der Waals surface area contributed by atoms with E-state index in [1.165, 1.54) is 12.8 Å². The maximum absolute atomic E-state index is 11.6. The summed E-state index contributed by atoms with van der Waals surface area (Å²) in [7, 11) is 0. The summed E-state index contributed by atoms with van der Waals surface area (Å²) >= 11 is 0. The van der Waals surface area contributed by atoms with Crippen molar-refractivity contribution in [2.45, 2.75) is 38.7 Å². The van der Waals surface area contributed by atoms with E-state index in [0.29, 0.717) is 11.8 Å². The van der Waals surface area contributed by atoms with E-state index in [0.717, 1.165) is 6.42 Å². The molecule has 3 saturated carbocycles. The molecule has 4 rings (SSSR count). The lowest BCUT2D eigenvalue weighted by Gasteiger charge is -2.55. The predicted molar refractivity (Wildman–Crippen MR) is 43.4 cm³/mol. The summed E-state index contributed by atoms with van der Waals surface area (Å²) in [4.78, 5) is 11.6. The molecule has 0 spiro atoms. The molecule has 12 heavy (non-hydrogen) atoms. The van der Waals surface area contributed by atoms with Gasteiger partial charge >= 0.3 is 5.97 Å². The molecule has 1 saturated heterocycles. The molecule has 4 fully saturated rings. The highest BCUT2D eigenvalue weighted by Gasteiger charge is 2.72. The Bertz CT molecular complexity index is 271. The van der Waals surface area contributed by atoms with Gasteiger partial charge in [0.05, 0.1) is 5.41 Å². The number of hydrogen-bond acceptors (Lipinski definition) is 2. The van der Waals surface area contributed by atoms with Crippen LogP contribution in [0.2, 0.25) is 0 Å². The van der Waals surface area contributed by atoms with E-state index in [9.17, 15) is 4.79 Å². The Morgan fingerprint density at radius 1 is 1.50 bits per heavy atom. The molecule has 4 atom stereocenters.